The second-order valence-corrected chi connectivity index (χ2v) is 19.5. The number of ether oxygens (including phenoxy) is 12. The molecule has 2 fully saturated rings. The van der Waals surface area contributed by atoms with E-state index in [1.54, 1.807) is 0 Å². The number of hydrogen-bond donors (Lipinski definition) is 2. The van der Waals surface area contributed by atoms with Crippen molar-refractivity contribution in [2.75, 3.05) is 24.7 Å². The average Bonchev–Trinajstić information content (AvgIpc) is 3.17. The van der Waals surface area contributed by atoms with Gasteiger partial charge in [0, 0.05) is 80.7 Å². The van der Waals surface area contributed by atoms with Crippen molar-refractivity contribution in [1.82, 2.24) is 10.0 Å². The van der Waals surface area contributed by atoms with E-state index in [1.165, 1.54) is 6.92 Å². The van der Waals surface area contributed by atoms with Gasteiger partial charge >= 0.3 is 59.0 Å². The van der Waals surface area contributed by atoms with Crippen LogP contribution in [0.3, 0.4) is 0 Å². The van der Waals surface area contributed by atoms with Crippen molar-refractivity contribution in [3.63, 3.8) is 0 Å². The molecule has 2 aliphatic rings. The molecule has 2 rings (SSSR count). The predicted octanol–water partition coefficient (Wildman–Crippen LogP) is -0.139. The summed E-state index contributed by atoms with van der Waals surface area (Å²) in [6.07, 6.45) is -16.7. The zero-order valence-corrected chi connectivity index (χ0v) is 39.4. The molecule has 0 aromatic rings. The summed E-state index contributed by atoms with van der Waals surface area (Å²) in [5.74, 6) is -10.9. The lowest BCUT2D eigenvalue weighted by atomic mass is 9.98. The maximum atomic E-state index is 14.1. The monoisotopic (exact) mass is 986 g/mol. The highest BCUT2D eigenvalue weighted by molar-refractivity contribution is 8.99. The van der Waals surface area contributed by atoms with Crippen LogP contribution in [0.2, 0.25) is 0 Å². The van der Waals surface area contributed by atoms with E-state index >= 15 is 0 Å². The van der Waals surface area contributed by atoms with Crippen LogP contribution in [0.25, 0.3) is 0 Å². The van der Waals surface area contributed by atoms with Crippen LogP contribution in [0.4, 0.5) is 4.79 Å². The van der Waals surface area contributed by atoms with Gasteiger partial charge in [0.25, 0.3) is 0 Å². The molecule has 0 aliphatic carbocycles. The van der Waals surface area contributed by atoms with Crippen molar-refractivity contribution in [3.8, 4) is 0 Å². The molecule has 26 nitrogen and oxygen atoms in total. The molecule has 2 N–H and O–H groups in total. The van der Waals surface area contributed by atoms with Crippen LogP contribution in [-0.2, 0) is 110 Å². The SMILES string of the molecule is CCS(NC(C)=O)(SCC(NC(C)=O)C(=O)OCC1OC(OC(C)=O)C(OC(C)=O)C(OC(C)=O)C1OC(C)=O)C(=O)OCC1OC(OC(C)=O)C(OC(C)=O)C(OC(C)=O)C1OC(C)=O. The van der Waals surface area contributed by atoms with Crippen molar-refractivity contribution in [2.24, 2.45) is 0 Å². The molecule has 0 saturated carbocycles. The van der Waals surface area contributed by atoms with E-state index in [1.807, 2.05) is 0 Å². The number of esters is 9. The molecular weight excluding hydrogens is 933 g/mol. The molecule has 0 aromatic heterocycles. The summed E-state index contributed by atoms with van der Waals surface area (Å²) >= 11 is 0. The third-order valence-corrected chi connectivity index (χ3v) is 14.3. The third kappa shape index (κ3) is 17.6. The van der Waals surface area contributed by atoms with Crippen molar-refractivity contribution in [1.29, 1.82) is 0 Å². The zero-order valence-electron chi connectivity index (χ0n) is 37.8. The highest BCUT2D eigenvalue weighted by atomic mass is 33.2. The van der Waals surface area contributed by atoms with E-state index in [0.717, 1.165) is 69.2 Å². The molecule has 372 valence electrons. The lowest BCUT2D eigenvalue weighted by Gasteiger charge is -2.44. The summed E-state index contributed by atoms with van der Waals surface area (Å²) < 4.78 is 67.4. The molecule has 28 heteroatoms. The number of carbonyl (C=O) groups is 12. The second kappa shape index (κ2) is 25.8. The Balaban J connectivity index is 2.48. The highest BCUT2D eigenvalue weighted by Crippen LogP contribution is 2.58. The normalized spacial score (nSPS) is 26.3. The van der Waals surface area contributed by atoms with Crippen LogP contribution in [0, 0.1) is 0 Å². The van der Waals surface area contributed by atoms with Gasteiger partial charge in [-0.1, -0.05) is 17.7 Å². The first-order valence-corrected chi connectivity index (χ1v) is 23.0. The number of hydrogen-bond acceptors (Lipinski definition) is 25. The van der Waals surface area contributed by atoms with Crippen molar-refractivity contribution >= 4 is 90.9 Å². The Morgan fingerprint density at radius 1 is 0.485 bits per heavy atom. The third-order valence-electron chi connectivity index (χ3n) is 8.40. The Bertz CT molecular complexity index is 1860. The van der Waals surface area contributed by atoms with Crippen LogP contribution in [0.1, 0.15) is 76.2 Å². The predicted molar refractivity (Wildman–Crippen MR) is 218 cm³/mol. The standard InChI is InChI=1S/C38H54N2O24S2/c1-12-66(40-17(3)42,38(52)54-14-28-30(56-19(5)44)32(58-21(7)46)34(60-23(9)48)37(64-28)62-25(11)50)65-15-26(39-16(2)41)35(51)53-13-27-29(55-18(4)43)31(57-20(6)45)33(59-22(8)47)36(63-27)61-24(10)49/h26-34,36-37H,12-15H2,1-11H3,(H,39,41)(H,40,42). The first-order chi connectivity index (χ1) is 30.7. The molecule has 12 atom stereocenters. The quantitative estimate of drug-likeness (QED) is 0.103. The smallest absolute Gasteiger partial charge is 0.376 e. The molecule has 12 unspecified atom stereocenters. The molecule has 2 heterocycles. The molecule has 0 aromatic carbocycles. The summed E-state index contributed by atoms with van der Waals surface area (Å²) in [4.78, 5) is 150. The fourth-order valence-electron chi connectivity index (χ4n) is 6.23. The summed E-state index contributed by atoms with van der Waals surface area (Å²) in [6.45, 7) is 9.85. The Kier molecular flexibility index (Phi) is 22.1. The number of amides is 2. The number of carbonyl (C=O) groups excluding carboxylic acids is 12. The zero-order chi connectivity index (χ0) is 50.2. The lowest BCUT2D eigenvalue weighted by molar-refractivity contribution is -0.300. The van der Waals surface area contributed by atoms with Crippen LogP contribution < -0.4 is 10.0 Å². The van der Waals surface area contributed by atoms with Crippen molar-refractivity contribution in [3.05, 3.63) is 0 Å². The maximum absolute atomic E-state index is 14.1. The first kappa shape index (κ1) is 56.4. The molecule has 0 bridgehead atoms. The van der Waals surface area contributed by atoms with E-state index in [9.17, 15) is 57.5 Å². The molecule has 66 heavy (non-hydrogen) atoms. The fourth-order valence-corrected chi connectivity index (χ4v) is 10.9. The van der Waals surface area contributed by atoms with Gasteiger partial charge in [0.2, 0.25) is 36.6 Å². The second-order valence-electron chi connectivity index (χ2n) is 14.1. The molecular formula is C38H54N2O24S2. The van der Waals surface area contributed by atoms with Gasteiger partial charge in [0.1, 0.15) is 31.5 Å². The average molecular weight is 987 g/mol. The summed E-state index contributed by atoms with van der Waals surface area (Å²) in [6, 6.07) is -1.60. The molecule has 0 spiro atoms. The minimum atomic E-state index is -3.25. The number of rotatable bonds is 18. The summed E-state index contributed by atoms with van der Waals surface area (Å²) in [5, 5.41) is 1.25. The maximum Gasteiger partial charge on any atom is 0.376 e. The van der Waals surface area contributed by atoms with Crippen LogP contribution in [0.5, 0.6) is 0 Å². The van der Waals surface area contributed by atoms with Gasteiger partial charge in [-0.05, 0) is 9.25 Å². The van der Waals surface area contributed by atoms with Crippen LogP contribution in [-0.4, -0.2) is 163 Å². The van der Waals surface area contributed by atoms with Gasteiger partial charge in [-0.2, -0.15) is 0 Å². The first-order valence-electron chi connectivity index (χ1n) is 19.7. The van der Waals surface area contributed by atoms with E-state index < -0.39 is 167 Å². The van der Waals surface area contributed by atoms with E-state index in [-0.39, 0.29) is 5.75 Å². The van der Waals surface area contributed by atoms with Gasteiger partial charge in [0.05, 0.1) is 0 Å². The molecule has 2 amide bonds. The molecule has 0 radical (unpaired) electrons. The minimum absolute atomic E-state index is 0.171. The Morgan fingerprint density at radius 2 is 0.833 bits per heavy atom. The van der Waals surface area contributed by atoms with E-state index in [4.69, 9.17) is 56.8 Å². The largest absolute Gasteiger partial charge is 0.461 e. The van der Waals surface area contributed by atoms with Crippen molar-refractivity contribution < 1.29 is 114 Å². The number of nitrogens with one attached hydrogen (secondary N) is 2. The van der Waals surface area contributed by atoms with Gasteiger partial charge in [-0.15, -0.1) is 0 Å². The lowest BCUT2D eigenvalue weighted by Crippen LogP contribution is -2.63. The Hall–Kier alpha value is -5.74. The van der Waals surface area contributed by atoms with Gasteiger partial charge in [0.15, 0.2) is 24.4 Å². The fraction of sp³-hybridized carbons (Fsp3) is 0.684. The van der Waals surface area contributed by atoms with Gasteiger partial charge < -0.3 is 66.9 Å². The van der Waals surface area contributed by atoms with Gasteiger partial charge in [-0.3, -0.25) is 47.9 Å². The van der Waals surface area contributed by atoms with Crippen LogP contribution in [0.15, 0.2) is 0 Å². The van der Waals surface area contributed by atoms with E-state index in [0.29, 0.717) is 10.8 Å². The van der Waals surface area contributed by atoms with Crippen LogP contribution >= 0.6 is 20.0 Å². The Morgan fingerprint density at radius 3 is 1.17 bits per heavy atom. The topological polar surface area (TPSA) is 340 Å². The molecule has 2 saturated heterocycles. The Labute approximate surface area is 382 Å². The molecule has 2 aliphatic heterocycles. The van der Waals surface area contributed by atoms with Crippen molar-refractivity contribution in [2.45, 2.75) is 144 Å². The highest BCUT2D eigenvalue weighted by Gasteiger charge is 2.55. The summed E-state index contributed by atoms with van der Waals surface area (Å²) in [5.41, 5.74) is 0. The van der Waals surface area contributed by atoms with E-state index in [2.05, 4.69) is 10.0 Å². The summed E-state index contributed by atoms with van der Waals surface area (Å²) in [7, 11) is -2.58. The van der Waals surface area contributed by atoms with Gasteiger partial charge in [-0.25, -0.2) is 9.59 Å². The minimum Gasteiger partial charge on any atom is -0.461 e.